The highest BCUT2D eigenvalue weighted by Gasteiger charge is 2.17. The molecule has 0 radical (unpaired) electrons. The second-order valence-electron chi connectivity index (χ2n) is 5.11. The lowest BCUT2D eigenvalue weighted by Crippen LogP contribution is -2.25. The molecular formula is C17H19NO4S. The van der Waals surface area contributed by atoms with Gasteiger partial charge in [0.15, 0.2) is 6.61 Å². The van der Waals surface area contributed by atoms with Crippen molar-refractivity contribution in [3.8, 4) is 5.75 Å². The summed E-state index contributed by atoms with van der Waals surface area (Å²) in [5.74, 6) is -0.629. The Morgan fingerprint density at radius 1 is 1.26 bits per heavy atom. The maximum absolute atomic E-state index is 12.6. The van der Waals surface area contributed by atoms with Gasteiger partial charge in [0, 0.05) is 17.6 Å². The number of carboxylic acid groups (broad SMARTS) is 1. The molecule has 0 spiro atoms. The van der Waals surface area contributed by atoms with Crippen molar-refractivity contribution in [2.45, 2.75) is 20.3 Å². The highest BCUT2D eigenvalue weighted by Crippen LogP contribution is 2.26. The molecule has 5 nitrogen and oxygen atoms in total. The van der Waals surface area contributed by atoms with Crippen LogP contribution in [0.4, 0.5) is 5.69 Å². The second-order valence-corrected chi connectivity index (χ2v) is 6.25. The summed E-state index contributed by atoms with van der Waals surface area (Å²) in [7, 11) is 1.72. The molecule has 1 aromatic carbocycles. The Kier molecular flexibility index (Phi) is 5.39. The van der Waals surface area contributed by atoms with Gasteiger partial charge in [-0.25, -0.2) is 4.79 Å². The average Bonchev–Trinajstić information content (AvgIpc) is 2.93. The summed E-state index contributed by atoms with van der Waals surface area (Å²) in [4.78, 5) is 26.5. The van der Waals surface area contributed by atoms with E-state index in [1.54, 1.807) is 36.2 Å². The van der Waals surface area contributed by atoms with Crippen molar-refractivity contribution >= 4 is 28.9 Å². The molecule has 2 rings (SSSR count). The molecule has 6 heteroatoms. The minimum Gasteiger partial charge on any atom is -0.482 e. The third-order valence-corrected chi connectivity index (χ3v) is 4.81. The van der Waals surface area contributed by atoms with Crippen molar-refractivity contribution in [3.05, 3.63) is 45.6 Å². The van der Waals surface area contributed by atoms with Crippen molar-refractivity contribution in [2.24, 2.45) is 0 Å². The molecule has 0 fully saturated rings. The summed E-state index contributed by atoms with van der Waals surface area (Å²) in [5, 5.41) is 8.58. The maximum Gasteiger partial charge on any atom is 0.341 e. The second kappa shape index (κ2) is 7.28. The summed E-state index contributed by atoms with van der Waals surface area (Å²) >= 11 is 1.52. The van der Waals surface area contributed by atoms with Gasteiger partial charge in [-0.3, -0.25) is 4.79 Å². The van der Waals surface area contributed by atoms with Gasteiger partial charge in [-0.05, 0) is 49.2 Å². The number of benzene rings is 1. The molecule has 0 bridgehead atoms. The number of nitrogens with zero attached hydrogens (tertiary/aromatic N) is 1. The van der Waals surface area contributed by atoms with Crippen LogP contribution in [0, 0.1) is 6.92 Å². The number of rotatable bonds is 6. The first-order valence-electron chi connectivity index (χ1n) is 7.24. The Bertz CT molecular complexity index is 706. The lowest BCUT2D eigenvalue weighted by atomic mass is 10.2. The highest BCUT2D eigenvalue weighted by atomic mass is 32.1. The topological polar surface area (TPSA) is 66.8 Å². The minimum absolute atomic E-state index is 0.0583. The van der Waals surface area contributed by atoms with Gasteiger partial charge in [-0.15, -0.1) is 11.3 Å². The van der Waals surface area contributed by atoms with E-state index in [0.717, 1.165) is 17.7 Å². The van der Waals surface area contributed by atoms with Crippen molar-refractivity contribution in [1.82, 2.24) is 0 Å². The van der Waals surface area contributed by atoms with Crippen molar-refractivity contribution in [2.75, 3.05) is 18.6 Å². The predicted octanol–water partition coefficient (Wildman–Crippen LogP) is 3.36. The molecule has 1 N–H and O–H groups in total. The number of thiophene rings is 1. The lowest BCUT2D eigenvalue weighted by Gasteiger charge is -2.16. The van der Waals surface area contributed by atoms with Gasteiger partial charge < -0.3 is 14.7 Å². The van der Waals surface area contributed by atoms with Crippen LogP contribution in [0.3, 0.4) is 0 Å². The van der Waals surface area contributed by atoms with Gasteiger partial charge in [-0.1, -0.05) is 6.92 Å². The number of hydrogen-bond donors (Lipinski definition) is 1. The van der Waals surface area contributed by atoms with Gasteiger partial charge in [0.2, 0.25) is 0 Å². The molecule has 2 aromatic rings. The Hall–Kier alpha value is -2.34. The number of hydrogen-bond acceptors (Lipinski definition) is 4. The van der Waals surface area contributed by atoms with E-state index in [1.165, 1.54) is 16.2 Å². The molecule has 0 atom stereocenters. The van der Waals surface area contributed by atoms with Gasteiger partial charge in [0.05, 0.1) is 4.88 Å². The van der Waals surface area contributed by atoms with Gasteiger partial charge in [0.1, 0.15) is 5.75 Å². The quantitative estimate of drug-likeness (QED) is 0.880. The number of anilines is 1. The monoisotopic (exact) mass is 333 g/mol. The number of carbonyl (C=O) groups is 2. The maximum atomic E-state index is 12.6. The molecule has 122 valence electrons. The zero-order valence-electron chi connectivity index (χ0n) is 13.3. The van der Waals surface area contributed by atoms with Crippen LogP contribution in [0.5, 0.6) is 5.75 Å². The fraction of sp³-hybridized carbons (Fsp3) is 0.294. The van der Waals surface area contributed by atoms with Crippen molar-refractivity contribution in [1.29, 1.82) is 0 Å². The molecule has 0 unspecified atom stereocenters. The molecule has 1 heterocycles. The first-order valence-corrected chi connectivity index (χ1v) is 8.06. The molecule has 0 aliphatic rings. The fourth-order valence-electron chi connectivity index (χ4n) is 2.17. The van der Waals surface area contributed by atoms with E-state index in [-0.39, 0.29) is 12.5 Å². The summed E-state index contributed by atoms with van der Waals surface area (Å²) < 4.78 is 5.08. The smallest absolute Gasteiger partial charge is 0.341 e. The minimum atomic E-state index is -1.03. The van der Waals surface area contributed by atoms with Crippen LogP contribution >= 0.6 is 11.3 Å². The van der Waals surface area contributed by atoms with Crippen molar-refractivity contribution < 1.29 is 19.4 Å². The molecule has 0 saturated carbocycles. The molecule has 0 aliphatic heterocycles. The molecule has 23 heavy (non-hydrogen) atoms. The summed E-state index contributed by atoms with van der Waals surface area (Å²) in [6, 6.07) is 8.69. The Labute approximate surface area is 139 Å². The molecule has 0 aliphatic carbocycles. The zero-order valence-corrected chi connectivity index (χ0v) is 14.1. The number of aliphatic carboxylic acids is 1. The first-order chi connectivity index (χ1) is 10.9. The standard InChI is InChI=1S/C17H19NO4S/c1-4-14-11(2)9-15(23-14)17(21)18(3)12-5-7-13(8-6-12)22-10-16(19)20/h5-9H,4,10H2,1-3H3,(H,19,20). The molecule has 1 aromatic heterocycles. The predicted molar refractivity (Wildman–Crippen MR) is 90.7 cm³/mol. The van der Waals surface area contributed by atoms with Crippen LogP contribution in [0.1, 0.15) is 27.0 Å². The fourth-order valence-corrected chi connectivity index (χ4v) is 3.26. The van der Waals surface area contributed by atoms with E-state index in [4.69, 9.17) is 9.84 Å². The van der Waals surface area contributed by atoms with Crippen LogP contribution in [0.2, 0.25) is 0 Å². The first kappa shape index (κ1) is 17.0. The van der Waals surface area contributed by atoms with Gasteiger partial charge in [0.25, 0.3) is 5.91 Å². The molecular weight excluding hydrogens is 314 g/mol. The van der Waals surface area contributed by atoms with E-state index in [1.807, 2.05) is 13.0 Å². The molecule has 0 saturated heterocycles. The molecule has 1 amide bonds. The van der Waals surface area contributed by atoms with E-state index in [2.05, 4.69) is 6.92 Å². The van der Waals surface area contributed by atoms with Crippen LogP contribution in [0.15, 0.2) is 30.3 Å². The summed E-state index contributed by atoms with van der Waals surface area (Å²) in [6.07, 6.45) is 0.920. The average molecular weight is 333 g/mol. The van der Waals surface area contributed by atoms with Gasteiger partial charge >= 0.3 is 5.97 Å². The Morgan fingerprint density at radius 3 is 2.43 bits per heavy atom. The number of carboxylic acids is 1. The Balaban J connectivity index is 2.11. The van der Waals surface area contributed by atoms with Crippen LogP contribution in [-0.4, -0.2) is 30.6 Å². The normalized spacial score (nSPS) is 10.4. The number of aryl methyl sites for hydroxylation is 2. The summed E-state index contributed by atoms with van der Waals surface area (Å²) in [5.41, 5.74) is 1.87. The third kappa shape index (κ3) is 4.10. The lowest BCUT2D eigenvalue weighted by molar-refractivity contribution is -0.139. The van der Waals surface area contributed by atoms with Crippen LogP contribution < -0.4 is 9.64 Å². The Morgan fingerprint density at radius 2 is 1.91 bits per heavy atom. The number of carbonyl (C=O) groups excluding carboxylic acids is 1. The number of ether oxygens (including phenoxy) is 1. The van der Waals surface area contributed by atoms with Crippen LogP contribution in [-0.2, 0) is 11.2 Å². The largest absolute Gasteiger partial charge is 0.482 e. The third-order valence-electron chi connectivity index (χ3n) is 3.44. The van der Waals surface area contributed by atoms with E-state index in [0.29, 0.717) is 10.6 Å². The van der Waals surface area contributed by atoms with E-state index >= 15 is 0 Å². The van der Waals surface area contributed by atoms with Crippen LogP contribution in [0.25, 0.3) is 0 Å². The SMILES string of the molecule is CCc1sc(C(=O)N(C)c2ccc(OCC(=O)O)cc2)cc1C. The highest BCUT2D eigenvalue weighted by molar-refractivity contribution is 7.14. The summed E-state index contributed by atoms with van der Waals surface area (Å²) in [6.45, 7) is 3.70. The number of amides is 1. The van der Waals surface area contributed by atoms with Gasteiger partial charge in [-0.2, -0.15) is 0 Å². The van der Waals surface area contributed by atoms with E-state index in [9.17, 15) is 9.59 Å². The van der Waals surface area contributed by atoms with Crippen molar-refractivity contribution in [3.63, 3.8) is 0 Å². The zero-order chi connectivity index (χ0) is 17.0. The van der Waals surface area contributed by atoms with E-state index < -0.39 is 5.97 Å².